The van der Waals surface area contributed by atoms with Crippen molar-refractivity contribution in [3.63, 3.8) is 0 Å². The molecule has 5 heterocycles. The maximum atomic E-state index is 10.3. The fourth-order valence-corrected chi connectivity index (χ4v) is 4.43. The highest BCUT2D eigenvalue weighted by Gasteiger charge is 2.22. The summed E-state index contributed by atoms with van der Waals surface area (Å²) < 4.78 is 3.87. The number of nitrogens with one attached hydrogen (secondary N) is 1. The van der Waals surface area contributed by atoms with E-state index in [0.717, 1.165) is 47.2 Å². The Morgan fingerprint density at radius 1 is 1.03 bits per heavy atom. The van der Waals surface area contributed by atoms with Gasteiger partial charge in [-0.25, -0.2) is 14.6 Å². The quantitative estimate of drug-likeness (QED) is 0.435. The number of hydrogen-bond acceptors (Lipinski definition) is 7. The number of aromatic nitrogens is 6. The lowest BCUT2D eigenvalue weighted by Crippen LogP contribution is -2.38. The molecule has 34 heavy (non-hydrogen) atoms. The van der Waals surface area contributed by atoms with Crippen LogP contribution in [0, 0.1) is 0 Å². The maximum Gasteiger partial charge on any atom is 0.160 e. The van der Waals surface area contributed by atoms with Crippen molar-refractivity contribution in [2.75, 3.05) is 23.3 Å². The molecule has 0 unspecified atom stereocenters. The van der Waals surface area contributed by atoms with Gasteiger partial charge in [-0.3, -0.25) is 4.68 Å². The zero-order valence-electron chi connectivity index (χ0n) is 20.2. The van der Waals surface area contributed by atoms with Gasteiger partial charge < -0.3 is 15.3 Å². The van der Waals surface area contributed by atoms with E-state index < -0.39 is 0 Å². The minimum Gasteiger partial charge on any atom is -0.391 e. The molecular weight excluding hydrogens is 428 g/mol. The molecule has 0 aromatic carbocycles. The third-order valence-corrected chi connectivity index (χ3v) is 6.25. The van der Waals surface area contributed by atoms with Crippen LogP contribution in [0.15, 0.2) is 43.0 Å². The van der Waals surface area contributed by atoms with Crippen molar-refractivity contribution in [2.24, 2.45) is 0 Å². The molecule has 0 bridgehead atoms. The molecule has 0 spiro atoms. The van der Waals surface area contributed by atoms with Crippen LogP contribution in [0.5, 0.6) is 0 Å². The minimum absolute atomic E-state index is 0.224. The Kier molecular flexibility index (Phi) is 5.95. The number of hydrogen-bond donors (Lipinski definition) is 2. The van der Waals surface area contributed by atoms with Crippen LogP contribution in [0.25, 0.3) is 22.2 Å². The summed E-state index contributed by atoms with van der Waals surface area (Å²) in [6.07, 6.45) is 9.13. The summed E-state index contributed by atoms with van der Waals surface area (Å²) in [6, 6.07) is 6.52. The van der Waals surface area contributed by atoms with Crippen LogP contribution in [-0.2, 0) is 0 Å². The predicted molar refractivity (Wildman–Crippen MR) is 134 cm³/mol. The van der Waals surface area contributed by atoms with Crippen molar-refractivity contribution in [3.05, 3.63) is 43.0 Å². The van der Waals surface area contributed by atoms with Crippen molar-refractivity contribution in [1.82, 2.24) is 29.5 Å². The molecule has 0 radical (unpaired) electrons. The molecule has 1 atom stereocenters. The van der Waals surface area contributed by atoms with E-state index >= 15 is 0 Å². The second-order valence-corrected chi connectivity index (χ2v) is 9.55. The van der Waals surface area contributed by atoms with Crippen LogP contribution < -0.4 is 10.2 Å². The first-order valence-electron chi connectivity index (χ1n) is 12.0. The number of nitrogens with zero attached hydrogens (tertiary/aromatic N) is 7. The van der Waals surface area contributed by atoms with Crippen LogP contribution in [0.3, 0.4) is 0 Å². The van der Waals surface area contributed by atoms with Crippen molar-refractivity contribution >= 4 is 28.4 Å². The Morgan fingerprint density at radius 2 is 1.88 bits per heavy atom. The first-order chi connectivity index (χ1) is 16.4. The lowest BCUT2D eigenvalue weighted by molar-refractivity contribution is 0.154. The first-order valence-corrected chi connectivity index (χ1v) is 12.0. The number of aliphatic hydroxyl groups is 1. The van der Waals surface area contributed by atoms with Crippen molar-refractivity contribution in [1.29, 1.82) is 0 Å². The monoisotopic (exact) mass is 460 g/mol. The molecule has 4 aromatic heterocycles. The van der Waals surface area contributed by atoms with Gasteiger partial charge in [-0.15, -0.1) is 0 Å². The molecule has 1 fully saturated rings. The van der Waals surface area contributed by atoms with E-state index in [9.17, 15) is 5.11 Å². The molecule has 1 saturated heterocycles. The summed E-state index contributed by atoms with van der Waals surface area (Å²) in [5.41, 5.74) is 3.90. The number of rotatable bonds is 6. The Hall–Kier alpha value is -3.46. The van der Waals surface area contributed by atoms with Gasteiger partial charge in [-0.05, 0) is 52.7 Å². The van der Waals surface area contributed by atoms with Crippen LogP contribution in [-0.4, -0.2) is 53.8 Å². The fraction of sp³-hybridized carbons (Fsp3) is 0.440. The van der Waals surface area contributed by atoms with E-state index in [0.29, 0.717) is 18.2 Å². The SMILES string of the molecule is CC(C)n1cc(-c2cnc(Nc3ccc4cnn(C(C)C)c4n3)cc2N2CCC[C@H](O)C2)cn1. The van der Waals surface area contributed by atoms with Crippen LogP contribution >= 0.6 is 0 Å². The van der Waals surface area contributed by atoms with E-state index in [4.69, 9.17) is 9.97 Å². The van der Waals surface area contributed by atoms with Gasteiger partial charge in [0.1, 0.15) is 11.6 Å². The number of piperidine rings is 1. The summed E-state index contributed by atoms with van der Waals surface area (Å²) >= 11 is 0. The van der Waals surface area contributed by atoms with Gasteiger partial charge >= 0.3 is 0 Å². The number of β-amino-alcohol motifs (C(OH)–C–C–N with tert-alkyl or cyclic N) is 1. The molecule has 9 nitrogen and oxygen atoms in total. The first kappa shape index (κ1) is 22.3. The van der Waals surface area contributed by atoms with Gasteiger partial charge in [0.15, 0.2) is 5.65 Å². The average Bonchev–Trinajstić information content (AvgIpc) is 3.46. The lowest BCUT2D eigenvalue weighted by atomic mass is 10.0. The summed E-state index contributed by atoms with van der Waals surface area (Å²) in [6.45, 7) is 9.90. The molecule has 5 rings (SSSR count). The van der Waals surface area contributed by atoms with Crippen LogP contribution in [0.1, 0.15) is 52.6 Å². The summed E-state index contributed by atoms with van der Waals surface area (Å²) in [5.74, 6) is 1.42. The zero-order chi connectivity index (χ0) is 23.8. The van der Waals surface area contributed by atoms with Crippen molar-refractivity contribution in [3.8, 4) is 11.1 Å². The topological polar surface area (TPSA) is 96.9 Å². The standard InChI is InChI=1S/C25H32N8O/c1-16(2)32-14-19(12-27-32)21-13-26-24(10-22(21)31-9-5-6-20(34)15-31)29-23-8-7-18-11-28-33(17(3)4)25(18)30-23/h7-8,10-14,16-17,20,34H,5-6,9,15H2,1-4H3,(H,26,29,30)/t20-/m0/s1. The predicted octanol–water partition coefficient (Wildman–Crippen LogP) is 4.56. The summed E-state index contributed by atoms with van der Waals surface area (Å²) in [7, 11) is 0. The largest absolute Gasteiger partial charge is 0.391 e. The molecule has 178 valence electrons. The smallest absolute Gasteiger partial charge is 0.160 e. The molecule has 4 aromatic rings. The summed E-state index contributed by atoms with van der Waals surface area (Å²) in [4.78, 5) is 11.7. The number of aliphatic hydroxyl groups excluding tert-OH is 1. The second-order valence-electron chi connectivity index (χ2n) is 9.55. The van der Waals surface area contributed by atoms with Gasteiger partial charge in [0.2, 0.25) is 0 Å². The molecule has 0 saturated carbocycles. The number of pyridine rings is 2. The van der Waals surface area contributed by atoms with Crippen LogP contribution in [0.4, 0.5) is 17.3 Å². The van der Waals surface area contributed by atoms with E-state index in [1.54, 1.807) is 0 Å². The highest BCUT2D eigenvalue weighted by atomic mass is 16.3. The van der Waals surface area contributed by atoms with Gasteiger partial charge in [-0.1, -0.05) is 0 Å². The zero-order valence-corrected chi connectivity index (χ0v) is 20.2. The summed E-state index contributed by atoms with van der Waals surface area (Å²) in [5, 5.41) is 23.7. The van der Waals surface area contributed by atoms with Gasteiger partial charge in [0.05, 0.1) is 24.2 Å². The van der Waals surface area contributed by atoms with E-state index in [2.05, 4.69) is 54.3 Å². The molecule has 0 amide bonds. The highest BCUT2D eigenvalue weighted by molar-refractivity contribution is 5.81. The molecule has 2 N–H and O–H groups in total. The van der Waals surface area contributed by atoms with E-state index in [1.807, 2.05) is 46.2 Å². The van der Waals surface area contributed by atoms with E-state index in [-0.39, 0.29) is 18.2 Å². The van der Waals surface area contributed by atoms with Gasteiger partial charge in [0.25, 0.3) is 0 Å². The second kappa shape index (κ2) is 9.06. The third kappa shape index (κ3) is 4.35. The Morgan fingerprint density at radius 3 is 2.62 bits per heavy atom. The molecule has 1 aliphatic heterocycles. The Labute approximate surface area is 199 Å². The maximum absolute atomic E-state index is 10.3. The Bertz CT molecular complexity index is 1290. The third-order valence-electron chi connectivity index (χ3n) is 6.25. The lowest BCUT2D eigenvalue weighted by Gasteiger charge is -2.33. The highest BCUT2D eigenvalue weighted by Crippen LogP contribution is 2.34. The molecule has 0 aliphatic carbocycles. The molecule has 1 aliphatic rings. The van der Waals surface area contributed by atoms with Crippen molar-refractivity contribution in [2.45, 2.75) is 58.7 Å². The molecule has 9 heteroatoms. The average molecular weight is 461 g/mol. The Balaban J connectivity index is 1.51. The minimum atomic E-state index is -0.329. The van der Waals surface area contributed by atoms with Crippen LogP contribution in [0.2, 0.25) is 0 Å². The number of fused-ring (bicyclic) bond motifs is 1. The van der Waals surface area contributed by atoms with Crippen molar-refractivity contribution < 1.29 is 5.11 Å². The van der Waals surface area contributed by atoms with Gasteiger partial charge in [0, 0.05) is 60.1 Å². The van der Waals surface area contributed by atoms with E-state index in [1.165, 1.54) is 0 Å². The molecular formula is C25H32N8O. The fourth-order valence-electron chi connectivity index (χ4n) is 4.43. The number of anilines is 3. The normalized spacial score (nSPS) is 16.7. The van der Waals surface area contributed by atoms with Gasteiger partial charge in [-0.2, -0.15) is 10.2 Å².